The van der Waals surface area contributed by atoms with E-state index >= 15 is 0 Å². The number of hydrogen-bond donors (Lipinski definition) is 1. The minimum absolute atomic E-state index is 0.0456. The van der Waals surface area contributed by atoms with E-state index in [-0.39, 0.29) is 23.8 Å². The summed E-state index contributed by atoms with van der Waals surface area (Å²) in [6.07, 6.45) is 0. The number of ether oxygens (including phenoxy) is 5. The predicted molar refractivity (Wildman–Crippen MR) is 143 cm³/mol. The highest BCUT2D eigenvalue weighted by Crippen LogP contribution is 2.46. The number of rotatable bonds is 10. The first-order chi connectivity index (χ1) is 17.7. The summed E-state index contributed by atoms with van der Waals surface area (Å²) in [5.74, 6) is 2.38. The van der Waals surface area contributed by atoms with Crippen LogP contribution >= 0.6 is 11.8 Å². The molecule has 1 aliphatic rings. The molecule has 1 aliphatic heterocycles. The molecule has 0 bridgehead atoms. The Hall–Kier alpha value is -3.27. The number of benzene rings is 2. The molecule has 0 radical (unpaired) electrons. The van der Waals surface area contributed by atoms with Gasteiger partial charge in [-0.1, -0.05) is 19.9 Å². The molecule has 3 rings (SSSR count). The van der Waals surface area contributed by atoms with Crippen LogP contribution in [-0.2, 0) is 4.79 Å². The number of methoxy groups -OCH3 is 5. The summed E-state index contributed by atoms with van der Waals surface area (Å²) >= 11 is 1.52. The fourth-order valence-electron chi connectivity index (χ4n) is 4.06. The monoisotopic (exact) mass is 532 g/mol. The van der Waals surface area contributed by atoms with E-state index in [1.165, 1.54) is 33.1 Å². The molecule has 2 aromatic carbocycles. The van der Waals surface area contributed by atoms with Crippen molar-refractivity contribution in [1.29, 1.82) is 0 Å². The van der Waals surface area contributed by atoms with Crippen LogP contribution in [0.1, 0.15) is 42.1 Å². The summed E-state index contributed by atoms with van der Waals surface area (Å²) < 4.78 is 27.2. The molecule has 1 saturated heterocycles. The molecule has 0 saturated carbocycles. The number of thioether (sulfide) groups is 1. The first-order valence-corrected chi connectivity index (χ1v) is 13.0. The average Bonchev–Trinajstić information content (AvgIpc) is 3.36. The van der Waals surface area contributed by atoms with Gasteiger partial charge in [0.05, 0.1) is 35.5 Å². The molecule has 1 heterocycles. The van der Waals surface area contributed by atoms with Crippen molar-refractivity contribution in [2.24, 2.45) is 5.92 Å². The summed E-state index contributed by atoms with van der Waals surface area (Å²) in [6, 6.07) is 7.99. The fraction of sp³-hybridized carbons (Fsp3) is 0.481. The molecule has 1 fully saturated rings. The van der Waals surface area contributed by atoms with Gasteiger partial charge in [-0.3, -0.25) is 9.59 Å². The number of carbonyl (C=O) groups excluding carboxylic acids is 2. The molecule has 202 valence electrons. The SMILES string of the molecule is COc1ccc(C2SCC(C(=O)NC(C)C(C)C)N2C(=O)c2cc(OC)c(OC)c(OC)c2)cc1OC. The van der Waals surface area contributed by atoms with Crippen LogP contribution in [0, 0.1) is 5.92 Å². The van der Waals surface area contributed by atoms with Gasteiger partial charge in [-0.2, -0.15) is 0 Å². The van der Waals surface area contributed by atoms with Crippen LogP contribution in [0.3, 0.4) is 0 Å². The van der Waals surface area contributed by atoms with Gasteiger partial charge >= 0.3 is 0 Å². The van der Waals surface area contributed by atoms with Crippen molar-refractivity contribution in [3.63, 3.8) is 0 Å². The number of nitrogens with one attached hydrogen (secondary N) is 1. The highest BCUT2D eigenvalue weighted by atomic mass is 32.2. The Balaban J connectivity index is 2.08. The number of carbonyl (C=O) groups is 2. The third-order valence-corrected chi connectivity index (χ3v) is 7.84. The van der Waals surface area contributed by atoms with Gasteiger partial charge in [-0.25, -0.2) is 0 Å². The molecule has 0 spiro atoms. The third kappa shape index (κ3) is 5.84. The van der Waals surface area contributed by atoms with Gasteiger partial charge in [0, 0.05) is 17.4 Å². The van der Waals surface area contributed by atoms with E-state index in [9.17, 15) is 9.59 Å². The Morgan fingerprint density at radius 3 is 1.97 bits per heavy atom. The summed E-state index contributed by atoms with van der Waals surface area (Å²) in [7, 11) is 7.62. The molecular weight excluding hydrogens is 496 g/mol. The quantitative estimate of drug-likeness (QED) is 0.488. The Kier molecular flexibility index (Phi) is 9.42. The molecular formula is C27H36N2O7S. The molecule has 0 aliphatic carbocycles. The fourth-order valence-corrected chi connectivity index (χ4v) is 5.48. The van der Waals surface area contributed by atoms with Gasteiger partial charge in [0.1, 0.15) is 11.4 Å². The highest BCUT2D eigenvalue weighted by molar-refractivity contribution is 7.99. The van der Waals surface area contributed by atoms with Crippen molar-refractivity contribution in [2.45, 2.75) is 38.2 Å². The van der Waals surface area contributed by atoms with E-state index in [2.05, 4.69) is 5.32 Å². The van der Waals surface area contributed by atoms with E-state index in [0.29, 0.717) is 40.1 Å². The minimum atomic E-state index is -0.684. The second-order valence-electron chi connectivity index (χ2n) is 8.98. The lowest BCUT2D eigenvalue weighted by Crippen LogP contribution is -2.50. The lowest BCUT2D eigenvalue weighted by molar-refractivity contribution is -0.125. The van der Waals surface area contributed by atoms with E-state index in [4.69, 9.17) is 23.7 Å². The zero-order valence-corrected chi connectivity index (χ0v) is 23.4. The maximum Gasteiger partial charge on any atom is 0.256 e. The van der Waals surface area contributed by atoms with Gasteiger partial charge in [0.25, 0.3) is 5.91 Å². The van der Waals surface area contributed by atoms with Crippen LogP contribution < -0.4 is 29.0 Å². The maximum absolute atomic E-state index is 14.1. The van der Waals surface area contributed by atoms with Gasteiger partial charge in [0.2, 0.25) is 11.7 Å². The second kappa shape index (κ2) is 12.3. The van der Waals surface area contributed by atoms with E-state index in [1.807, 2.05) is 32.9 Å². The smallest absolute Gasteiger partial charge is 0.256 e. The van der Waals surface area contributed by atoms with Crippen molar-refractivity contribution in [2.75, 3.05) is 41.3 Å². The summed E-state index contributed by atoms with van der Waals surface area (Å²) in [6.45, 7) is 6.04. The normalized spacial score (nSPS) is 17.8. The standard InChI is InChI=1S/C27H36N2O7S/c1-15(2)16(3)28-25(30)19-14-37-27(17-9-10-20(32-4)21(11-17)33-5)29(19)26(31)18-12-22(34-6)24(36-8)23(13-18)35-7/h9-13,15-16,19,27H,14H2,1-8H3,(H,28,30). The molecule has 1 N–H and O–H groups in total. The van der Waals surface area contributed by atoms with Gasteiger partial charge in [-0.05, 0) is 42.7 Å². The Morgan fingerprint density at radius 1 is 0.865 bits per heavy atom. The Bertz CT molecular complexity index is 1100. The van der Waals surface area contributed by atoms with Gasteiger partial charge in [0.15, 0.2) is 23.0 Å². The van der Waals surface area contributed by atoms with Crippen molar-refractivity contribution in [3.05, 3.63) is 41.5 Å². The molecule has 37 heavy (non-hydrogen) atoms. The van der Waals surface area contributed by atoms with Crippen molar-refractivity contribution in [3.8, 4) is 28.7 Å². The second-order valence-corrected chi connectivity index (χ2v) is 10.1. The van der Waals surface area contributed by atoms with Crippen molar-refractivity contribution < 1.29 is 33.3 Å². The topological polar surface area (TPSA) is 95.6 Å². The molecule has 10 heteroatoms. The summed E-state index contributed by atoms with van der Waals surface area (Å²) in [5, 5.41) is 2.64. The van der Waals surface area contributed by atoms with Crippen LogP contribution in [-0.4, -0.2) is 70.1 Å². The molecule has 9 nitrogen and oxygen atoms in total. The van der Waals surface area contributed by atoms with E-state index < -0.39 is 11.4 Å². The maximum atomic E-state index is 14.1. The number of amides is 2. The van der Waals surface area contributed by atoms with Gasteiger partial charge < -0.3 is 33.9 Å². The van der Waals surface area contributed by atoms with Crippen LogP contribution in [0.25, 0.3) is 0 Å². The lowest BCUT2D eigenvalue weighted by atomic mass is 10.1. The van der Waals surface area contributed by atoms with E-state index in [0.717, 1.165) is 5.56 Å². The molecule has 2 amide bonds. The van der Waals surface area contributed by atoms with Crippen LogP contribution in [0.4, 0.5) is 0 Å². The average molecular weight is 533 g/mol. The van der Waals surface area contributed by atoms with Crippen LogP contribution in [0.2, 0.25) is 0 Å². The third-order valence-electron chi connectivity index (χ3n) is 6.51. The summed E-state index contributed by atoms with van der Waals surface area (Å²) in [4.78, 5) is 29.1. The first-order valence-electron chi connectivity index (χ1n) is 12.0. The zero-order valence-electron chi connectivity index (χ0n) is 22.6. The zero-order chi connectivity index (χ0) is 27.3. The molecule has 3 unspecified atom stereocenters. The van der Waals surface area contributed by atoms with Crippen molar-refractivity contribution >= 4 is 23.6 Å². The molecule has 3 atom stereocenters. The lowest BCUT2D eigenvalue weighted by Gasteiger charge is -2.31. The Morgan fingerprint density at radius 2 is 1.46 bits per heavy atom. The first kappa shape index (κ1) is 28.3. The van der Waals surface area contributed by atoms with Crippen LogP contribution in [0.15, 0.2) is 30.3 Å². The molecule has 2 aromatic rings. The van der Waals surface area contributed by atoms with E-state index in [1.54, 1.807) is 37.3 Å². The van der Waals surface area contributed by atoms with Gasteiger partial charge in [-0.15, -0.1) is 11.8 Å². The largest absolute Gasteiger partial charge is 0.493 e. The molecule has 0 aromatic heterocycles. The predicted octanol–water partition coefficient (Wildman–Crippen LogP) is 4.15. The number of nitrogens with zero attached hydrogens (tertiary/aromatic N) is 1. The Labute approximate surface area is 222 Å². The van der Waals surface area contributed by atoms with Crippen molar-refractivity contribution in [1.82, 2.24) is 10.2 Å². The summed E-state index contributed by atoms with van der Waals surface area (Å²) in [5.41, 5.74) is 1.13. The van der Waals surface area contributed by atoms with Crippen LogP contribution in [0.5, 0.6) is 28.7 Å². The highest BCUT2D eigenvalue weighted by Gasteiger charge is 2.43. The minimum Gasteiger partial charge on any atom is -0.493 e. The number of hydrogen-bond acceptors (Lipinski definition) is 8.